The van der Waals surface area contributed by atoms with Crippen LogP contribution >= 0.6 is 0 Å². The number of hydrogen-bond acceptors (Lipinski definition) is 6. The van der Waals surface area contributed by atoms with Gasteiger partial charge in [-0.1, -0.05) is 84.9 Å². The summed E-state index contributed by atoms with van der Waals surface area (Å²) in [5, 5.41) is 11.7. The number of aromatic nitrogens is 2. The molecular formula is C43H47N4O2Pt-. The van der Waals surface area contributed by atoms with E-state index in [1.165, 1.54) is 39.1 Å². The molecule has 0 saturated carbocycles. The van der Waals surface area contributed by atoms with Gasteiger partial charge in [0.25, 0.3) is 0 Å². The number of aromatic hydroxyl groups is 1. The second-order valence-corrected chi connectivity index (χ2v) is 16.2. The number of phenolic OH excluding ortho intramolecular Hbond substituents is 1. The quantitative estimate of drug-likeness (QED) is 0.183. The van der Waals surface area contributed by atoms with Crippen LogP contribution in [-0.4, -0.2) is 33.0 Å². The summed E-state index contributed by atoms with van der Waals surface area (Å²) >= 11 is 0. The van der Waals surface area contributed by atoms with Gasteiger partial charge in [0.15, 0.2) is 0 Å². The Hall–Kier alpha value is -4.02. The Kier molecular flexibility index (Phi) is 8.83. The Morgan fingerprint density at radius 2 is 1.48 bits per heavy atom. The third-order valence-corrected chi connectivity index (χ3v) is 11.1. The Balaban J connectivity index is 0.00000432. The summed E-state index contributed by atoms with van der Waals surface area (Å²) in [6, 6.07) is 24.6. The molecular weight excluding hydrogens is 800 g/mol. The fraction of sp³-hybridized carbons (Fsp3) is 0.372. The SMILES string of the molecule is Cc1cc(C)c(C)c(N2C(c3[c-]c(Oc4ncc5cc(C(C)(C)C)cc(O)c5n4)ccc3)=N[C@@H]3C2C(C)(C)c2ccccc2C3(C)C)c1C.[Pt]. The molecule has 0 spiro atoms. The molecule has 1 N–H and O–H groups in total. The van der Waals surface area contributed by atoms with Gasteiger partial charge in [0.1, 0.15) is 11.3 Å². The number of phenols is 1. The summed E-state index contributed by atoms with van der Waals surface area (Å²) in [4.78, 5) is 17.3. The van der Waals surface area contributed by atoms with Crippen molar-refractivity contribution in [2.24, 2.45) is 4.99 Å². The fourth-order valence-electron chi connectivity index (χ4n) is 8.07. The minimum absolute atomic E-state index is 0. The maximum atomic E-state index is 10.9. The Labute approximate surface area is 311 Å². The average Bonchev–Trinajstić information content (AvgIpc) is 3.46. The van der Waals surface area contributed by atoms with Crippen molar-refractivity contribution in [3.8, 4) is 17.5 Å². The first-order chi connectivity index (χ1) is 23.0. The van der Waals surface area contributed by atoms with Crippen LogP contribution in [0.4, 0.5) is 5.69 Å². The van der Waals surface area contributed by atoms with Crippen LogP contribution in [0.2, 0.25) is 0 Å². The number of aliphatic imine (C=N–C) groups is 1. The van der Waals surface area contributed by atoms with Crippen LogP contribution in [0.25, 0.3) is 10.9 Å². The van der Waals surface area contributed by atoms with E-state index in [-0.39, 0.29) is 61.2 Å². The van der Waals surface area contributed by atoms with Crippen molar-refractivity contribution in [3.05, 3.63) is 117 Å². The summed E-state index contributed by atoms with van der Waals surface area (Å²) in [5.74, 6) is 1.48. The van der Waals surface area contributed by atoms with Crippen molar-refractivity contribution in [2.45, 2.75) is 104 Å². The molecule has 0 bridgehead atoms. The summed E-state index contributed by atoms with van der Waals surface area (Å²) in [6.45, 7) is 24.6. The predicted molar refractivity (Wildman–Crippen MR) is 200 cm³/mol. The van der Waals surface area contributed by atoms with Gasteiger partial charge >= 0.3 is 6.01 Å². The minimum atomic E-state index is -0.209. The molecule has 2 heterocycles. The molecule has 2 aliphatic rings. The third-order valence-electron chi connectivity index (χ3n) is 11.1. The number of anilines is 1. The van der Waals surface area contributed by atoms with Crippen LogP contribution in [0.3, 0.4) is 0 Å². The van der Waals surface area contributed by atoms with Gasteiger partial charge in [-0.3, -0.25) is 0 Å². The molecule has 50 heavy (non-hydrogen) atoms. The summed E-state index contributed by atoms with van der Waals surface area (Å²) in [6.07, 6.45) is 1.71. The number of amidine groups is 1. The second kappa shape index (κ2) is 12.3. The van der Waals surface area contributed by atoms with Gasteiger partial charge in [0, 0.05) is 54.9 Å². The van der Waals surface area contributed by atoms with Crippen molar-refractivity contribution in [3.63, 3.8) is 0 Å². The molecule has 262 valence electrons. The van der Waals surface area contributed by atoms with Gasteiger partial charge in [-0.05, 0) is 84.2 Å². The third kappa shape index (κ3) is 5.64. The molecule has 1 unspecified atom stereocenters. The molecule has 1 aliphatic carbocycles. The first-order valence-corrected chi connectivity index (χ1v) is 17.3. The smallest absolute Gasteiger partial charge is 0.321 e. The number of benzene rings is 4. The predicted octanol–water partition coefficient (Wildman–Crippen LogP) is 9.73. The Bertz CT molecular complexity index is 2150. The topological polar surface area (TPSA) is 70.8 Å². The van der Waals surface area contributed by atoms with Crippen LogP contribution in [0, 0.1) is 33.8 Å². The fourth-order valence-corrected chi connectivity index (χ4v) is 8.07. The van der Waals surface area contributed by atoms with E-state index in [9.17, 15) is 5.11 Å². The summed E-state index contributed by atoms with van der Waals surface area (Å²) in [5.41, 5.74) is 10.8. The zero-order valence-corrected chi connectivity index (χ0v) is 33.2. The van der Waals surface area contributed by atoms with Crippen molar-refractivity contribution >= 4 is 22.4 Å². The van der Waals surface area contributed by atoms with Crippen molar-refractivity contribution in [2.75, 3.05) is 4.90 Å². The standard InChI is InChI=1S/C43H47N4O2.Pt/c1-24-19-25(2)27(4)36(26(24)3)47-38-37(42(8,9)32-17-12-13-18-33(32)43(38,10)11)46-39(47)28-15-14-16-31(21-28)49-40-44-23-29-20-30(41(5,6)7)22-34(48)35(29)45-40;/h12-20,22-23,37-38,48H,1-11H3;/q-1;/t37-,38?;/m1./s1. The van der Waals surface area contributed by atoms with Crippen molar-refractivity contribution < 1.29 is 30.9 Å². The number of nitrogens with zero attached hydrogens (tertiary/aromatic N) is 4. The molecule has 1 aromatic heterocycles. The average molecular weight is 847 g/mol. The molecule has 1 aliphatic heterocycles. The minimum Gasteiger partial charge on any atom is -0.506 e. The van der Waals surface area contributed by atoms with E-state index in [1.54, 1.807) is 12.3 Å². The van der Waals surface area contributed by atoms with Crippen LogP contribution in [-0.2, 0) is 37.3 Å². The van der Waals surface area contributed by atoms with E-state index in [2.05, 4.69) is 133 Å². The van der Waals surface area contributed by atoms with E-state index in [1.807, 2.05) is 18.2 Å². The van der Waals surface area contributed by atoms with E-state index in [4.69, 9.17) is 9.73 Å². The van der Waals surface area contributed by atoms with Crippen molar-refractivity contribution in [1.29, 1.82) is 0 Å². The number of aryl methyl sites for hydroxylation is 2. The normalized spacial score (nSPS) is 19.0. The van der Waals surface area contributed by atoms with Gasteiger partial charge in [-0.2, -0.15) is 4.98 Å². The van der Waals surface area contributed by atoms with E-state index < -0.39 is 0 Å². The molecule has 4 aromatic carbocycles. The molecule has 0 saturated heterocycles. The zero-order valence-electron chi connectivity index (χ0n) is 31.0. The van der Waals surface area contributed by atoms with Gasteiger partial charge in [0.2, 0.25) is 0 Å². The summed E-state index contributed by atoms with van der Waals surface area (Å²) in [7, 11) is 0. The van der Waals surface area contributed by atoms with E-state index in [0.717, 1.165) is 22.3 Å². The molecule has 0 amide bonds. The van der Waals surface area contributed by atoms with E-state index >= 15 is 0 Å². The van der Waals surface area contributed by atoms with Gasteiger partial charge in [0.05, 0.1) is 17.9 Å². The zero-order chi connectivity index (χ0) is 35.2. The number of ether oxygens (including phenoxy) is 1. The monoisotopic (exact) mass is 846 g/mol. The van der Waals surface area contributed by atoms with Crippen LogP contribution < -0.4 is 9.64 Å². The first kappa shape index (κ1) is 35.8. The molecule has 6 nitrogen and oxygen atoms in total. The Morgan fingerprint density at radius 1 is 0.840 bits per heavy atom. The largest absolute Gasteiger partial charge is 0.506 e. The van der Waals surface area contributed by atoms with Gasteiger partial charge in [-0.15, -0.1) is 23.8 Å². The number of rotatable bonds is 4. The molecule has 2 atom stereocenters. The van der Waals surface area contributed by atoms with Crippen LogP contribution in [0.15, 0.2) is 71.9 Å². The van der Waals surface area contributed by atoms with Gasteiger partial charge in [-0.25, -0.2) is 4.98 Å². The second-order valence-electron chi connectivity index (χ2n) is 16.2. The molecule has 7 heteroatoms. The van der Waals surface area contributed by atoms with Crippen LogP contribution in [0.5, 0.6) is 17.5 Å². The first-order valence-electron chi connectivity index (χ1n) is 17.3. The maximum Gasteiger partial charge on any atom is 0.321 e. The number of fused-ring (bicyclic) bond motifs is 3. The molecule has 7 rings (SSSR count). The summed E-state index contributed by atoms with van der Waals surface area (Å²) < 4.78 is 6.25. The molecule has 0 radical (unpaired) electrons. The van der Waals surface area contributed by atoms with Crippen LogP contribution in [0.1, 0.15) is 93.0 Å². The van der Waals surface area contributed by atoms with E-state index in [0.29, 0.717) is 11.3 Å². The van der Waals surface area contributed by atoms with Crippen molar-refractivity contribution in [1.82, 2.24) is 9.97 Å². The number of hydrogen-bond donors (Lipinski definition) is 1. The molecule has 0 fully saturated rings. The Morgan fingerprint density at radius 3 is 2.12 bits per heavy atom. The van der Waals surface area contributed by atoms with Gasteiger partial charge < -0.3 is 19.7 Å². The molecule has 5 aromatic rings. The maximum absolute atomic E-state index is 10.9.